The highest BCUT2D eigenvalue weighted by Crippen LogP contribution is 2.22. The Morgan fingerprint density at radius 1 is 1.30 bits per heavy atom. The fraction of sp³-hybridized carbons (Fsp3) is 0.0769. The van der Waals surface area contributed by atoms with Crippen LogP contribution in [0.5, 0.6) is 0 Å². The van der Waals surface area contributed by atoms with Crippen molar-refractivity contribution in [2.75, 3.05) is 17.7 Å². The quantitative estimate of drug-likeness (QED) is 0.914. The zero-order valence-electron chi connectivity index (χ0n) is 10.4. The second-order valence-corrected chi connectivity index (χ2v) is 4.26. The van der Waals surface area contributed by atoms with Crippen LogP contribution >= 0.6 is 11.6 Å². The van der Waals surface area contributed by atoms with Crippen LogP contribution in [0.25, 0.3) is 0 Å². The summed E-state index contributed by atoms with van der Waals surface area (Å²) >= 11 is 5.86. The van der Waals surface area contributed by atoms with E-state index in [9.17, 15) is 13.6 Å². The van der Waals surface area contributed by atoms with Crippen molar-refractivity contribution < 1.29 is 13.6 Å². The monoisotopic (exact) mass is 297 g/mol. The number of pyridine rings is 1. The average Bonchev–Trinajstić information content (AvgIpc) is 2.43. The van der Waals surface area contributed by atoms with Crippen LogP contribution < -0.4 is 10.6 Å². The van der Waals surface area contributed by atoms with Gasteiger partial charge in [-0.05, 0) is 18.2 Å². The fourth-order valence-corrected chi connectivity index (χ4v) is 1.74. The summed E-state index contributed by atoms with van der Waals surface area (Å²) in [5, 5.41) is 4.98. The van der Waals surface area contributed by atoms with Crippen molar-refractivity contribution in [2.45, 2.75) is 0 Å². The van der Waals surface area contributed by atoms with Crippen molar-refractivity contribution in [3.05, 3.63) is 52.7 Å². The lowest BCUT2D eigenvalue weighted by atomic mass is 10.2. The van der Waals surface area contributed by atoms with Crippen molar-refractivity contribution in [2.24, 2.45) is 0 Å². The maximum absolute atomic E-state index is 13.5. The van der Waals surface area contributed by atoms with E-state index in [1.54, 1.807) is 7.05 Å². The molecule has 104 valence electrons. The van der Waals surface area contributed by atoms with Gasteiger partial charge in [-0.3, -0.25) is 4.79 Å². The van der Waals surface area contributed by atoms with Crippen LogP contribution in [-0.2, 0) is 0 Å². The van der Waals surface area contributed by atoms with E-state index in [0.29, 0.717) is 5.82 Å². The summed E-state index contributed by atoms with van der Waals surface area (Å²) in [5.74, 6) is -2.04. The maximum atomic E-state index is 13.5. The first-order valence-corrected chi connectivity index (χ1v) is 5.99. The highest BCUT2D eigenvalue weighted by molar-refractivity contribution is 6.34. The third kappa shape index (κ3) is 2.85. The van der Waals surface area contributed by atoms with Gasteiger partial charge in [0.15, 0.2) is 0 Å². The molecule has 1 amide bonds. The molecule has 0 atom stereocenters. The van der Waals surface area contributed by atoms with Gasteiger partial charge in [-0.25, -0.2) is 13.8 Å². The fourth-order valence-electron chi connectivity index (χ4n) is 1.55. The normalized spacial score (nSPS) is 10.2. The van der Waals surface area contributed by atoms with Crippen LogP contribution in [0.1, 0.15) is 10.4 Å². The van der Waals surface area contributed by atoms with E-state index >= 15 is 0 Å². The minimum Gasteiger partial charge on any atom is -0.373 e. The Balaban J connectivity index is 2.33. The van der Waals surface area contributed by atoms with Crippen molar-refractivity contribution in [1.82, 2.24) is 4.98 Å². The Hall–Kier alpha value is -2.21. The van der Waals surface area contributed by atoms with Gasteiger partial charge in [0.25, 0.3) is 5.91 Å². The van der Waals surface area contributed by atoms with E-state index in [2.05, 4.69) is 15.6 Å². The van der Waals surface area contributed by atoms with E-state index in [1.807, 2.05) is 0 Å². The number of rotatable bonds is 3. The molecule has 2 aromatic rings. The lowest BCUT2D eigenvalue weighted by Gasteiger charge is -2.09. The van der Waals surface area contributed by atoms with Crippen LogP contribution in [0, 0.1) is 11.6 Å². The molecule has 1 heterocycles. The molecule has 1 aromatic carbocycles. The highest BCUT2D eigenvalue weighted by Gasteiger charge is 2.16. The molecule has 0 saturated heterocycles. The van der Waals surface area contributed by atoms with E-state index in [4.69, 9.17) is 11.6 Å². The second kappa shape index (κ2) is 5.83. The molecule has 0 fully saturated rings. The van der Waals surface area contributed by atoms with E-state index in [1.165, 1.54) is 18.3 Å². The van der Waals surface area contributed by atoms with Gasteiger partial charge in [-0.1, -0.05) is 17.7 Å². The summed E-state index contributed by atoms with van der Waals surface area (Å²) in [6.45, 7) is 0. The number of nitrogens with one attached hydrogen (secondary N) is 2. The number of hydrogen-bond donors (Lipinski definition) is 2. The third-order valence-corrected chi connectivity index (χ3v) is 2.86. The Labute approximate surface area is 118 Å². The summed E-state index contributed by atoms with van der Waals surface area (Å²) < 4.78 is 26.9. The number of para-hydroxylation sites is 1. The predicted octanol–water partition coefficient (Wildman–Crippen LogP) is 3.31. The molecule has 0 unspecified atom stereocenters. The molecule has 2 rings (SSSR count). The molecule has 0 bridgehead atoms. The average molecular weight is 298 g/mol. The molecule has 2 N–H and O–H groups in total. The molecule has 7 heteroatoms. The topological polar surface area (TPSA) is 54.0 Å². The van der Waals surface area contributed by atoms with Gasteiger partial charge < -0.3 is 10.6 Å². The minimum absolute atomic E-state index is 0.0636. The molecule has 1 aromatic heterocycles. The minimum atomic E-state index is -0.864. The van der Waals surface area contributed by atoms with Gasteiger partial charge in [0.05, 0.1) is 10.6 Å². The van der Waals surface area contributed by atoms with Crippen LogP contribution in [0.15, 0.2) is 30.5 Å². The van der Waals surface area contributed by atoms with Crippen molar-refractivity contribution in [3.8, 4) is 0 Å². The molecular formula is C13H10ClF2N3O. The predicted molar refractivity (Wildman–Crippen MR) is 73.1 cm³/mol. The number of benzene rings is 1. The number of anilines is 2. The summed E-state index contributed by atoms with van der Waals surface area (Å²) in [7, 11) is 1.62. The number of aromatic nitrogens is 1. The molecule has 4 nitrogen and oxygen atoms in total. The van der Waals surface area contributed by atoms with E-state index in [0.717, 1.165) is 12.1 Å². The van der Waals surface area contributed by atoms with Crippen LogP contribution in [0.3, 0.4) is 0 Å². The number of carbonyl (C=O) groups excluding carboxylic acids is 1. The van der Waals surface area contributed by atoms with Crippen molar-refractivity contribution in [3.63, 3.8) is 0 Å². The molecule has 0 spiro atoms. The standard InChI is InChI=1S/C13H10ClF2N3O/c1-17-11-5-7(8(14)6-18-11)13(20)19-12-9(15)3-2-4-10(12)16/h2-6H,1H3,(H,17,18)(H,19,20). The molecule has 0 aliphatic rings. The summed E-state index contributed by atoms with van der Waals surface area (Å²) in [6.07, 6.45) is 1.28. The lowest BCUT2D eigenvalue weighted by molar-refractivity contribution is 0.102. The Morgan fingerprint density at radius 3 is 2.55 bits per heavy atom. The maximum Gasteiger partial charge on any atom is 0.257 e. The van der Waals surface area contributed by atoms with E-state index < -0.39 is 23.2 Å². The van der Waals surface area contributed by atoms with Gasteiger partial charge in [0.2, 0.25) is 0 Å². The van der Waals surface area contributed by atoms with Gasteiger partial charge in [-0.15, -0.1) is 0 Å². The summed E-state index contributed by atoms with van der Waals surface area (Å²) in [5.41, 5.74) is -0.454. The number of hydrogen-bond acceptors (Lipinski definition) is 3. The van der Waals surface area contributed by atoms with Gasteiger partial charge >= 0.3 is 0 Å². The third-order valence-electron chi connectivity index (χ3n) is 2.56. The van der Waals surface area contributed by atoms with Crippen LogP contribution in [0.2, 0.25) is 5.02 Å². The molecule has 0 aliphatic carbocycles. The zero-order chi connectivity index (χ0) is 14.7. The first-order chi connectivity index (χ1) is 9.52. The van der Waals surface area contributed by atoms with E-state index in [-0.39, 0.29) is 10.6 Å². The molecule has 20 heavy (non-hydrogen) atoms. The lowest BCUT2D eigenvalue weighted by Crippen LogP contribution is -2.15. The second-order valence-electron chi connectivity index (χ2n) is 3.85. The van der Waals surface area contributed by atoms with Crippen molar-refractivity contribution in [1.29, 1.82) is 0 Å². The number of halogens is 3. The largest absolute Gasteiger partial charge is 0.373 e. The van der Waals surface area contributed by atoms with Gasteiger partial charge in [0.1, 0.15) is 23.1 Å². The molecule has 0 radical (unpaired) electrons. The first-order valence-electron chi connectivity index (χ1n) is 5.61. The van der Waals surface area contributed by atoms with Gasteiger partial charge in [0, 0.05) is 13.2 Å². The number of nitrogens with zero attached hydrogens (tertiary/aromatic N) is 1. The number of amides is 1. The Morgan fingerprint density at radius 2 is 1.95 bits per heavy atom. The van der Waals surface area contributed by atoms with Crippen molar-refractivity contribution >= 4 is 29.0 Å². The zero-order valence-corrected chi connectivity index (χ0v) is 11.1. The number of carbonyl (C=O) groups is 1. The summed E-state index contributed by atoms with van der Waals surface area (Å²) in [4.78, 5) is 15.9. The SMILES string of the molecule is CNc1cc(C(=O)Nc2c(F)cccc2F)c(Cl)cn1. The van der Waals surface area contributed by atoms with Crippen LogP contribution in [0.4, 0.5) is 20.3 Å². The highest BCUT2D eigenvalue weighted by atomic mass is 35.5. The van der Waals surface area contributed by atoms with Gasteiger partial charge in [-0.2, -0.15) is 0 Å². The molecule has 0 saturated carbocycles. The molecule has 0 aliphatic heterocycles. The Bertz CT molecular complexity index is 644. The summed E-state index contributed by atoms with van der Waals surface area (Å²) in [6, 6.07) is 4.69. The Kier molecular flexibility index (Phi) is 4.14. The first kappa shape index (κ1) is 14.2. The molecular weight excluding hydrogens is 288 g/mol. The smallest absolute Gasteiger partial charge is 0.257 e. The van der Waals surface area contributed by atoms with Crippen LogP contribution in [-0.4, -0.2) is 17.9 Å².